The van der Waals surface area contributed by atoms with Gasteiger partial charge in [0.15, 0.2) is 0 Å². The van der Waals surface area contributed by atoms with Gasteiger partial charge in [-0.3, -0.25) is 0 Å². The minimum Gasteiger partial charge on any atom is -0.478 e. The number of furan rings is 1. The maximum atomic E-state index is 11.0. The molecule has 1 N–H and O–H groups in total. The first-order chi connectivity index (χ1) is 6.25. The minimum atomic E-state index is -0.913. The summed E-state index contributed by atoms with van der Waals surface area (Å²) in [5, 5.41) is 9.06. The Labute approximate surface area is 83.7 Å². The van der Waals surface area contributed by atoms with E-state index in [0.717, 1.165) is 5.56 Å². The second-order valence-electron chi connectivity index (χ2n) is 4.54. The molecule has 14 heavy (non-hydrogen) atoms. The van der Waals surface area contributed by atoms with Crippen LogP contribution in [0.4, 0.5) is 0 Å². The van der Waals surface area contributed by atoms with Gasteiger partial charge >= 0.3 is 5.97 Å². The smallest absolute Gasteiger partial charge is 0.339 e. The van der Waals surface area contributed by atoms with Crippen LogP contribution >= 0.6 is 0 Å². The number of aromatic carboxylic acids is 1. The van der Waals surface area contributed by atoms with Crippen LogP contribution in [0.15, 0.2) is 4.42 Å². The molecule has 0 saturated heterocycles. The second kappa shape index (κ2) is 3.15. The Hall–Kier alpha value is -1.25. The normalized spacial score (nSPS) is 11.8. The molecule has 0 fully saturated rings. The van der Waals surface area contributed by atoms with Gasteiger partial charge in [-0.25, -0.2) is 4.79 Å². The Morgan fingerprint density at radius 2 is 1.79 bits per heavy atom. The maximum Gasteiger partial charge on any atom is 0.339 e. The van der Waals surface area contributed by atoms with Gasteiger partial charge in [0.1, 0.15) is 17.1 Å². The Morgan fingerprint density at radius 3 is 2.07 bits per heavy atom. The van der Waals surface area contributed by atoms with E-state index in [1.165, 1.54) is 0 Å². The fourth-order valence-corrected chi connectivity index (χ4v) is 1.41. The highest BCUT2D eigenvalue weighted by atomic mass is 16.4. The molecule has 0 aromatic carbocycles. The summed E-state index contributed by atoms with van der Waals surface area (Å²) in [5.74, 6) is 0.330. The molecule has 0 aliphatic heterocycles. The van der Waals surface area contributed by atoms with Crippen molar-refractivity contribution in [1.82, 2.24) is 0 Å². The average molecular weight is 196 g/mol. The number of rotatable bonds is 1. The lowest BCUT2D eigenvalue weighted by Gasteiger charge is -2.15. The molecule has 0 unspecified atom stereocenters. The van der Waals surface area contributed by atoms with Gasteiger partial charge in [0.2, 0.25) is 0 Å². The summed E-state index contributed by atoms with van der Waals surface area (Å²) in [5.41, 5.74) is 0.768. The van der Waals surface area contributed by atoms with Gasteiger partial charge in [0.25, 0.3) is 0 Å². The molecule has 0 spiro atoms. The van der Waals surface area contributed by atoms with E-state index in [0.29, 0.717) is 17.1 Å². The lowest BCUT2D eigenvalue weighted by atomic mass is 9.89. The monoisotopic (exact) mass is 196 g/mol. The van der Waals surface area contributed by atoms with Crippen molar-refractivity contribution in [3.63, 3.8) is 0 Å². The molecule has 3 heteroatoms. The second-order valence-corrected chi connectivity index (χ2v) is 4.54. The zero-order chi connectivity index (χ0) is 11.1. The first-order valence-electron chi connectivity index (χ1n) is 4.59. The van der Waals surface area contributed by atoms with Crippen molar-refractivity contribution in [2.45, 2.75) is 40.0 Å². The molecule has 0 aliphatic carbocycles. The molecule has 0 saturated carbocycles. The quantitative estimate of drug-likeness (QED) is 0.751. The number of aryl methyl sites for hydroxylation is 1. The van der Waals surface area contributed by atoms with Crippen LogP contribution in [0.25, 0.3) is 0 Å². The predicted molar refractivity (Wildman–Crippen MR) is 53.8 cm³/mol. The van der Waals surface area contributed by atoms with Crippen LogP contribution in [0.3, 0.4) is 0 Å². The molecule has 0 aliphatic rings. The van der Waals surface area contributed by atoms with E-state index in [1.807, 2.05) is 20.8 Å². The number of carbonyl (C=O) groups is 1. The Bertz CT molecular complexity index is 367. The van der Waals surface area contributed by atoms with E-state index in [4.69, 9.17) is 9.52 Å². The predicted octanol–water partition coefficient (Wildman–Crippen LogP) is 2.89. The van der Waals surface area contributed by atoms with Crippen LogP contribution in [0, 0.1) is 13.8 Å². The lowest BCUT2D eigenvalue weighted by molar-refractivity contribution is 0.0691. The summed E-state index contributed by atoms with van der Waals surface area (Å²) in [6.45, 7) is 9.39. The molecule has 0 radical (unpaired) electrons. The summed E-state index contributed by atoms with van der Waals surface area (Å²) in [6, 6.07) is 0. The molecular formula is C11H16O3. The van der Waals surface area contributed by atoms with E-state index >= 15 is 0 Å². The van der Waals surface area contributed by atoms with E-state index in [9.17, 15) is 4.79 Å². The third-order valence-electron chi connectivity index (χ3n) is 2.28. The average Bonchev–Trinajstić information content (AvgIpc) is 2.27. The van der Waals surface area contributed by atoms with Crippen molar-refractivity contribution in [3.8, 4) is 0 Å². The van der Waals surface area contributed by atoms with Crippen LogP contribution in [-0.4, -0.2) is 11.1 Å². The molecule has 3 nitrogen and oxygen atoms in total. The topological polar surface area (TPSA) is 50.4 Å². The summed E-state index contributed by atoms with van der Waals surface area (Å²) < 4.78 is 5.49. The third kappa shape index (κ3) is 1.67. The molecule has 0 amide bonds. The van der Waals surface area contributed by atoms with Crippen molar-refractivity contribution in [3.05, 3.63) is 22.6 Å². The lowest BCUT2D eigenvalue weighted by Crippen LogP contribution is -2.15. The van der Waals surface area contributed by atoms with Gasteiger partial charge in [-0.05, 0) is 13.8 Å². The van der Waals surface area contributed by atoms with Gasteiger partial charge in [-0.1, -0.05) is 20.8 Å². The van der Waals surface area contributed by atoms with E-state index in [2.05, 4.69) is 0 Å². The highest BCUT2D eigenvalue weighted by Gasteiger charge is 2.29. The number of carboxylic acid groups (broad SMARTS) is 1. The van der Waals surface area contributed by atoms with Crippen LogP contribution in [0.2, 0.25) is 0 Å². The zero-order valence-electron chi connectivity index (χ0n) is 9.26. The largest absolute Gasteiger partial charge is 0.478 e. The fourth-order valence-electron chi connectivity index (χ4n) is 1.41. The molecular weight excluding hydrogens is 180 g/mol. The minimum absolute atomic E-state index is 0.271. The summed E-state index contributed by atoms with van der Waals surface area (Å²) >= 11 is 0. The van der Waals surface area contributed by atoms with Crippen LogP contribution in [-0.2, 0) is 5.41 Å². The Kier molecular flexibility index (Phi) is 2.44. The Balaban J connectivity index is 3.45. The van der Waals surface area contributed by atoms with Crippen LogP contribution in [0.1, 0.15) is 48.2 Å². The van der Waals surface area contributed by atoms with Gasteiger partial charge < -0.3 is 9.52 Å². The van der Waals surface area contributed by atoms with Crippen LogP contribution in [0.5, 0.6) is 0 Å². The molecule has 1 rings (SSSR count). The third-order valence-corrected chi connectivity index (χ3v) is 2.28. The number of carboxylic acids is 1. The number of hydrogen-bond acceptors (Lipinski definition) is 2. The number of hydrogen-bond donors (Lipinski definition) is 1. The molecule has 1 aromatic heterocycles. The summed E-state index contributed by atoms with van der Waals surface area (Å²) in [7, 11) is 0. The van der Waals surface area contributed by atoms with Gasteiger partial charge in [-0.2, -0.15) is 0 Å². The molecule has 0 atom stereocenters. The summed E-state index contributed by atoms with van der Waals surface area (Å²) in [4.78, 5) is 11.0. The standard InChI is InChI=1S/C11H16O3/c1-6-7(2)14-9(11(3,4)5)8(6)10(12)13/h1-5H3,(H,12,13). The molecule has 1 aromatic rings. The van der Waals surface area contributed by atoms with Crippen molar-refractivity contribution < 1.29 is 14.3 Å². The highest BCUT2D eigenvalue weighted by molar-refractivity contribution is 5.91. The van der Waals surface area contributed by atoms with E-state index in [1.54, 1.807) is 13.8 Å². The SMILES string of the molecule is Cc1oc(C(C)(C)C)c(C(=O)O)c1C. The van der Waals surface area contributed by atoms with E-state index < -0.39 is 5.97 Å². The molecule has 1 heterocycles. The first-order valence-corrected chi connectivity index (χ1v) is 4.59. The van der Waals surface area contributed by atoms with Crippen molar-refractivity contribution in [1.29, 1.82) is 0 Å². The molecule has 78 valence electrons. The summed E-state index contributed by atoms with van der Waals surface area (Å²) in [6.07, 6.45) is 0. The van der Waals surface area contributed by atoms with Gasteiger partial charge in [0.05, 0.1) is 0 Å². The van der Waals surface area contributed by atoms with E-state index in [-0.39, 0.29) is 5.41 Å². The molecule has 0 bridgehead atoms. The van der Waals surface area contributed by atoms with Gasteiger partial charge in [-0.15, -0.1) is 0 Å². The Morgan fingerprint density at radius 1 is 1.29 bits per heavy atom. The van der Waals surface area contributed by atoms with Crippen molar-refractivity contribution >= 4 is 5.97 Å². The maximum absolute atomic E-state index is 11.0. The van der Waals surface area contributed by atoms with Crippen molar-refractivity contribution in [2.75, 3.05) is 0 Å². The van der Waals surface area contributed by atoms with Gasteiger partial charge in [0, 0.05) is 11.0 Å². The van der Waals surface area contributed by atoms with Crippen LogP contribution < -0.4 is 0 Å². The highest BCUT2D eigenvalue weighted by Crippen LogP contribution is 2.31. The zero-order valence-corrected chi connectivity index (χ0v) is 9.26. The van der Waals surface area contributed by atoms with Crippen molar-refractivity contribution in [2.24, 2.45) is 0 Å². The fraction of sp³-hybridized carbons (Fsp3) is 0.545. The first kappa shape index (κ1) is 10.8.